The van der Waals surface area contributed by atoms with E-state index in [-0.39, 0.29) is 11.1 Å². The average molecular weight is 305 g/mol. The lowest BCUT2D eigenvalue weighted by Crippen LogP contribution is -2.17. The second-order valence-corrected chi connectivity index (χ2v) is 4.99. The molecule has 1 heterocycles. The quantitative estimate of drug-likeness (QED) is 0.885. The van der Waals surface area contributed by atoms with Crippen molar-refractivity contribution in [3.05, 3.63) is 62.5 Å². The molecule has 0 saturated carbocycles. The van der Waals surface area contributed by atoms with Gasteiger partial charge in [-0.3, -0.25) is 4.79 Å². The van der Waals surface area contributed by atoms with Crippen LogP contribution in [0.25, 0.3) is 11.8 Å². The van der Waals surface area contributed by atoms with Crippen molar-refractivity contribution in [3.63, 3.8) is 0 Å². The molecule has 0 atom stereocenters. The summed E-state index contributed by atoms with van der Waals surface area (Å²) >= 11 is 5.93. The van der Waals surface area contributed by atoms with Crippen molar-refractivity contribution in [3.8, 4) is 5.69 Å². The molecule has 0 amide bonds. The molecule has 0 aliphatic carbocycles. The molecular weight excluding hydrogens is 292 g/mol. The van der Waals surface area contributed by atoms with Crippen molar-refractivity contribution >= 4 is 23.6 Å². The van der Waals surface area contributed by atoms with Gasteiger partial charge >= 0.3 is 5.97 Å². The molecule has 6 heteroatoms. The van der Waals surface area contributed by atoms with E-state index in [0.717, 1.165) is 17.3 Å². The standard InChI is InChI=1S/C15H13ClN2O3/c1-9-7-11(16)3-5-13(9)18-10(2)8-14(19)12(17-18)4-6-15(20)21/h3-8H,1-2H3,(H,20,21)/b6-4+. The molecule has 21 heavy (non-hydrogen) atoms. The van der Waals surface area contributed by atoms with Crippen LogP contribution >= 0.6 is 11.6 Å². The van der Waals surface area contributed by atoms with Crippen LogP contribution in [0, 0.1) is 13.8 Å². The highest BCUT2D eigenvalue weighted by atomic mass is 35.5. The Bertz CT molecular complexity index is 794. The van der Waals surface area contributed by atoms with Crippen molar-refractivity contribution in [1.29, 1.82) is 0 Å². The summed E-state index contributed by atoms with van der Waals surface area (Å²) in [5.74, 6) is -1.13. The summed E-state index contributed by atoms with van der Waals surface area (Å²) in [5.41, 5.74) is 2.07. The summed E-state index contributed by atoms with van der Waals surface area (Å²) in [6.45, 7) is 3.64. The zero-order valence-electron chi connectivity index (χ0n) is 11.5. The summed E-state index contributed by atoms with van der Waals surface area (Å²) in [6.07, 6.45) is 2.07. The molecule has 0 spiro atoms. The number of aliphatic carboxylic acids is 1. The molecule has 2 aromatic rings. The van der Waals surface area contributed by atoms with Gasteiger partial charge in [-0.1, -0.05) is 11.6 Å². The predicted molar refractivity (Wildman–Crippen MR) is 81.0 cm³/mol. The van der Waals surface area contributed by atoms with E-state index in [4.69, 9.17) is 16.7 Å². The third kappa shape index (κ3) is 3.38. The number of nitrogens with zero attached hydrogens (tertiary/aromatic N) is 2. The van der Waals surface area contributed by atoms with E-state index in [1.807, 2.05) is 6.92 Å². The molecule has 1 aromatic heterocycles. The lowest BCUT2D eigenvalue weighted by molar-refractivity contribution is -0.131. The molecule has 5 nitrogen and oxygen atoms in total. The number of halogens is 1. The molecule has 0 fully saturated rings. The van der Waals surface area contributed by atoms with Crippen LogP contribution in [0.15, 0.2) is 35.1 Å². The topological polar surface area (TPSA) is 72.2 Å². The first-order valence-corrected chi connectivity index (χ1v) is 6.55. The minimum atomic E-state index is -1.13. The number of carboxylic acids is 1. The van der Waals surface area contributed by atoms with Crippen LogP contribution in [-0.4, -0.2) is 20.9 Å². The molecule has 1 aromatic carbocycles. The van der Waals surface area contributed by atoms with E-state index in [1.54, 1.807) is 29.8 Å². The van der Waals surface area contributed by atoms with Gasteiger partial charge in [0.05, 0.1) is 5.69 Å². The Labute approximate surface area is 126 Å². The Kier molecular flexibility index (Phi) is 4.23. The van der Waals surface area contributed by atoms with Gasteiger partial charge in [0.2, 0.25) is 5.43 Å². The zero-order chi connectivity index (χ0) is 15.6. The molecule has 0 radical (unpaired) electrons. The van der Waals surface area contributed by atoms with E-state index in [1.165, 1.54) is 12.1 Å². The normalized spacial score (nSPS) is 11.0. The van der Waals surface area contributed by atoms with Gasteiger partial charge in [-0.05, 0) is 43.7 Å². The molecule has 0 aliphatic rings. The molecule has 0 bridgehead atoms. The van der Waals surface area contributed by atoms with Crippen LogP contribution in [0.3, 0.4) is 0 Å². The second-order valence-electron chi connectivity index (χ2n) is 4.55. The number of hydrogen-bond acceptors (Lipinski definition) is 3. The van der Waals surface area contributed by atoms with E-state index < -0.39 is 5.97 Å². The van der Waals surface area contributed by atoms with Crippen molar-refractivity contribution in [1.82, 2.24) is 9.78 Å². The smallest absolute Gasteiger partial charge is 0.328 e. The van der Waals surface area contributed by atoms with Crippen molar-refractivity contribution in [2.45, 2.75) is 13.8 Å². The molecule has 1 N–H and O–H groups in total. The minimum absolute atomic E-state index is 0.0670. The van der Waals surface area contributed by atoms with Crippen LogP contribution in [-0.2, 0) is 4.79 Å². The molecule has 0 unspecified atom stereocenters. The lowest BCUT2D eigenvalue weighted by atomic mass is 10.2. The first kappa shape index (κ1) is 15.0. The number of rotatable bonds is 3. The fourth-order valence-corrected chi connectivity index (χ4v) is 2.15. The van der Waals surface area contributed by atoms with Crippen LogP contribution in [0.1, 0.15) is 17.0 Å². The Balaban J connectivity index is 2.61. The number of aromatic nitrogens is 2. The van der Waals surface area contributed by atoms with Gasteiger partial charge in [-0.15, -0.1) is 0 Å². The van der Waals surface area contributed by atoms with Gasteiger partial charge in [0.1, 0.15) is 5.69 Å². The maximum absolute atomic E-state index is 11.8. The Morgan fingerprint density at radius 2 is 2.05 bits per heavy atom. The van der Waals surface area contributed by atoms with Crippen molar-refractivity contribution in [2.24, 2.45) is 0 Å². The Morgan fingerprint density at radius 1 is 1.33 bits per heavy atom. The van der Waals surface area contributed by atoms with Crippen molar-refractivity contribution in [2.75, 3.05) is 0 Å². The van der Waals surface area contributed by atoms with Crippen molar-refractivity contribution < 1.29 is 9.90 Å². The van der Waals surface area contributed by atoms with E-state index >= 15 is 0 Å². The highest BCUT2D eigenvalue weighted by Gasteiger charge is 2.08. The summed E-state index contributed by atoms with van der Waals surface area (Å²) in [7, 11) is 0. The Hall–Kier alpha value is -2.40. The summed E-state index contributed by atoms with van der Waals surface area (Å²) in [4.78, 5) is 22.4. The fourth-order valence-electron chi connectivity index (χ4n) is 1.93. The first-order chi connectivity index (χ1) is 9.88. The van der Waals surface area contributed by atoms with Crippen LogP contribution in [0.4, 0.5) is 0 Å². The molecule has 2 rings (SSSR count). The summed E-state index contributed by atoms with van der Waals surface area (Å²) in [6, 6.07) is 6.74. The van der Waals surface area contributed by atoms with E-state index in [2.05, 4.69) is 5.10 Å². The maximum atomic E-state index is 11.8. The maximum Gasteiger partial charge on any atom is 0.328 e. The number of aryl methyl sites for hydroxylation is 2. The molecular formula is C15H13ClN2O3. The third-order valence-corrected chi connectivity index (χ3v) is 3.14. The molecule has 0 saturated heterocycles. The zero-order valence-corrected chi connectivity index (χ0v) is 12.3. The summed E-state index contributed by atoms with van der Waals surface area (Å²) in [5, 5.41) is 13.5. The SMILES string of the molecule is Cc1cc(Cl)ccc1-n1nc(/C=C/C(=O)O)c(=O)cc1C. The summed E-state index contributed by atoms with van der Waals surface area (Å²) < 4.78 is 1.59. The van der Waals surface area contributed by atoms with E-state index in [9.17, 15) is 9.59 Å². The molecule has 0 aliphatic heterocycles. The number of benzene rings is 1. The minimum Gasteiger partial charge on any atom is -0.478 e. The van der Waals surface area contributed by atoms with Gasteiger partial charge in [0, 0.05) is 22.9 Å². The van der Waals surface area contributed by atoms with Gasteiger partial charge in [-0.2, -0.15) is 5.10 Å². The largest absolute Gasteiger partial charge is 0.478 e. The monoisotopic (exact) mass is 304 g/mol. The number of carboxylic acid groups (broad SMARTS) is 1. The lowest BCUT2D eigenvalue weighted by Gasteiger charge is -2.12. The van der Waals surface area contributed by atoms with Gasteiger partial charge < -0.3 is 5.11 Å². The van der Waals surface area contributed by atoms with Crippen LogP contribution in [0.5, 0.6) is 0 Å². The fraction of sp³-hybridized carbons (Fsp3) is 0.133. The number of carbonyl (C=O) groups is 1. The van der Waals surface area contributed by atoms with Crippen LogP contribution in [0.2, 0.25) is 5.02 Å². The van der Waals surface area contributed by atoms with Gasteiger partial charge in [0.25, 0.3) is 0 Å². The van der Waals surface area contributed by atoms with Crippen LogP contribution < -0.4 is 5.43 Å². The highest BCUT2D eigenvalue weighted by molar-refractivity contribution is 6.30. The first-order valence-electron chi connectivity index (χ1n) is 6.17. The van der Waals surface area contributed by atoms with Gasteiger partial charge in [-0.25, -0.2) is 9.48 Å². The third-order valence-electron chi connectivity index (χ3n) is 2.91. The highest BCUT2D eigenvalue weighted by Crippen LogP contribution is 2.19. The van der Waals surface area contributed by atoms with Gasteiger partial charge in [0.15, 0.2) is 0 Å². The second kappa shape index (κ2) is 5.93. The molecule has 108 valence electrons. The average Bonchev–Trinajstić information content (AvgIpc) is 2.38. The predicted octanol–water partition coefficient (Wildman–Crippen LogP) is 2.60. The van der Waals surface area contributed by atoms with E-state index in [0.29, 0.717) is 10.7 Å². The number of hydrogen-bond donors (Lipinski definition) is 1. The Morgan fingerprint density at radius 3 is 2.67 bits per heavy atom.